The topological polar surface area (TPSA) is 66.4 Å². The van der Waals surface area contributed by atoms with E-state index in [-0.39, 0.29) is 11.5 Å². The summed E-state index contributed by atoms with van der Waals surface area (Å²) in [6, 6.07) is 3.45. The van der Waals surface area contributed by atoms with Crippen molar-refractivity contribution in [2.45, 2.75) is 33.6 Å². The first kappa shape index (κ1) is 16.6. The van der Waals surface area contributed by atoms with E-state index >= 15 is 0 Å². The molecule has 0 heterocycles. The molecule has 0 unspecified atom stereocenters. The normalized spacial score (nSPS) is 10.3. The number of benzene rings is 1. The van der Waals surface area contributed by atoms with Gasteiger partial charge in [0.25, 0.3) is 0 Å². The van der Waals surface area contributed by atoms with Gasteiger partial charge in [0, 0.05) is 0 Å². The second-order valence-electron chi connectivity index (χ2n) is 4.76. The maximum atomic E-state index is 11.9. The Morgan fingerprint density at radius 2 is 2.00 bits per heavy atom. The molecule has 0 aliphatic heterocycles. The summed E-state index contributed by atoms with van der Waals surface area (Å²) >= 11 is 1.57. The molecule has 1 amide bonds. The minimum absolute atomic E-state index is 0.148. The molecular weight excluding hydrogens is 274 g/mol. The molecule has 1 aromatic rings. The van der Waals surface area contributed by atoms with E-state index in [0.717, 1.165) is 29.7 Å². The van der Waals surface area contributed by atoms with Crippen molar-refractivity contribution < 1.29 is 14.7 Å². The Kier molecular flexibility index (Phi) is 6.58. The van der Waals surface area contributed by atoms with Gasteiger partial charge >= 0.3 is 5.97 Å². The van der Waals surface area contributed by atoms with Crippen LogP contribution in [-0.4, -0.2) is 28.5 Å². The minimum atomic E-state index is -1.02. The van der Waals surface area contributed by atoms with Crippen molar-refractivity contribution in [3.8, 4) is 0 Å². The largest absolute Gasteiger partial charge is 0.478 e. The van der Waals surface area contributed by atoms with Crippen LogP contribution in [0.15, 0.2) is 12.1 Å². The van der Waals surface area contributed by atoms with Crippen LogP contribution < -0.4 is 5.32 Å². The number of hydrogen-bond acceptors (Lipinski definition) is 3. The number of carbonyl (C=O) groups is 2. The molecule has 0 spiro atoms. The van der Waals surface area contributed by atoms with E-state index in [2.05, 4.69) is 12.2 Å². The molecule has 0 radical (unpaired) electrons. The van der Waals surface area contributed by atoms with Crippen molar-refractivity contribution in [1.29, 1.82) is 0 Å². The van der Waals surface area contributed by atoms with Gasteiger partial charge in [0.1, 0.15) is 0 Å². The predicted molar refractivity (Wildman–Crippen MR) is 83.7 cm³/mol. The number of rotatable bonds is 7. The molecular formula is C15H21NO3S. The van der Waals surface area contributed by atoms with Crippen LogP contribution in [0.3, 0.4) is 0 Å². The number of carboxylic acid groups (broad SMARTS) is 1. The number of hydrogen-bond donors (Lipinski definition) is 2. The van der Waals surface area contributed by atoms with E-state index in [4.69, 9.17) is 0 Å². The zero-order valence-corrected chi connectivity index (χ0v) is 13.0. The van der Waals surface area contributed by atoms with Gasteiger partial charge in [-0.15, -0.1) is 0 Å². The van der Waals surface area contributed by atoms with Crippen LogP contribution in [0.5, 0.6) is 0 Å². The fourth-order valence-corrected chi connectivity index (χ4v) is 2.78. The van der Waals surface area contributed by atoms with Crippen molar-refractivity contribution in [3.05, 3.63) is 28.8 Å². The smallest absolute Gasteiger partial charge is 0.337 e. The second kappa shape index (κ2) is 7.94. The molecule has 20 heavy (non-hydrogen) atoms. The third kappa shape index (κ3) is 4.89. The zero-order chi connectivity index (χ0) is 15.1. The van der Waals surface area contributed by atoms with Gasteiger partial charge in [-0.05, 0) is 43.2 Å². The highest BCUT2D eigenvalue weighted by Crippen LogP contribution is 2.23. The Bertz CT molecular complexity index is 500. The zero-order valence-electron chi connectivity index (χ0n) is 12.2. The molecule has 1 aromatic carbocycles. The molecule has 0 aromatic heterocycles. The quantitative estimate of drug-likeness (QED) is 0.756. The Balaban J connectivity index is 2.76. The molecule has 0 atom stereocenters. The monoisotopic (exact) mass is 295 g/mol. The Morgan fingerprint density at radius 3 is 2.60 bits per heavy atom. The van der Waals surface area contributed by atoms with E-state index in [9.17, 15) is 14.7 Å². The molecule has 0 aliphatic rings. The Labute approximate surface area is 124 Å². The van der Waals surface area contributed by atoms with E-state index in [1.807, 2.05) is 13.0 Å². The van der Waals surface area contributed by atoms with Gasteiger partial charge in [-0.3, -0.25) is 4.79 Å². The SMILES string of the molecule is CCCCSCC(=O)Nc1c(C)cc(C)cc1C(=O)O. The van der Waals surface area contributed by atoms with Crippen molar-refractivity contribution in [2.75, 3.05) is 16.8 Å². The first-order valence-electron chi connectivity index (χ1n) is 6.67. The number of anilines is 1. The van der Waals surface area contributed by atoms with Crippen LogP contribution in [0.25, 0.3) is 0 Å². The molecule has 110 valence electrons. The molecule has 2 N–H and O–H groups in total. The van der Waals surface area contributed by atoms with Gasteiger partial charge in [-0.2, -0.15) is 11.8 Å². The maximum Gasteiger partial charge on any atom is 0.337 e. The third-order valence-corrected chi connectivity index (χ3v) is 3.89. The molecule has 1 rings (SSSR count). The summed E-state index contributed by atoms with van der Waals surface area (Å²) in [5.74, 6) is 0.126. The van der Waals surface area contributed by atoms with Crippen LogP contribution in [-0.2, 0) is 4.79 Å². The molecule has 5 heteroatoms. The number of amides is 1. The van der Waals surface area contributed by atoms with Gasteiger partial charge < -0.3 is 10.4 Å². The number of aromatic carboxylic acids is 1. The molecule has 0 saturated carbocycles. The summed E-state index contributed by atoms with van der Waals surface area (Å²) in [5, 5.41) is 11.9. The van der Waals surface area contributed by atoms with Gasteiger partial charge in [0.15, 0.2) is 0 Å². The third-order valence-electron chi connectivity index (χ3n) is 2.85. The maximum absolute atomic E-state index is 11.9. The van der Waals surface area contributed by atoms with E-state index in [0.29, 0.717) is 11.4 Å². The van der Waals surface area contributed by atoms with Crippen molar-refractivity contribution in [1.82, 2.24) is 0 Å². The van der Waals surface area contributed by atoms with Crippen LogP contribution in [0, 0.1) is 13.8 Å². The first-order chi connectivity index (χ1) is 9.45. The fraction of sp³-hybridized carbons (Fsp3) is 0.467. The number of unbranched alkanes of at least 4 members (excludes halogenated alkanes) is 1. The summed E-state index contributed by atoms with van der Waals surface area (Å²) in [4.78, 5) is 23.1. The Hall–Kier alpha value is -1.49. The summed E-state index contributed by atoms with van der Waals surface area (Å²) in [5.41, 5.74) is 2.20. The highest BCUT2D eigenvalue weighted by Gasteiger charge is 2.15. The number of carboxylic acids is 1. The molecule has 4 nitrogen and oxygen atoms in total. The lowest BCUT2D eigenvalue weighted by Crippen LogP contribution is -2.18. The van der Waals surface area contributed by atoms with Gasteiger partial charge in [0.2, 0.25) is 5.91 Å². The highest BCUT2D eigenvalue weighted by molar-refractivity contribution is 7.99. The lowest BCUT2D eigenvalue weighted by atomic mass is 10.0. The second-order valence-corrected chi connectivity index (χ2v) is 5.87. The molecule has 0 bridgehead atoms. The summed E-state index contributed by atoms with van der Waals surface area (Å²) in [6.45, 7) is 5.75. The van der Waals surface area contributed by atoms with Gasteiger partial charge in [-0.1, -0.05) is 19.4 Å². The lowest BCUT2D eigenvalue weighted by Gasteiger charge is -2.12. The average Bonchev–Trinajstić information content (AvgIpc) is 2.37. The molecule has 0 aliphatic carbocycles. The number of carbonyl (C=O) groups excluding carboxylic acids is 1. The van der Waals surface area contributed by atoms with Crippen LogP contribution in [0.1, 0.15) is 41.3 Å². The number of nitrogens with one attached hydrogen (secondary N) is 1. The average molecular weight is 295 g/mol. The molecule has 0 fully saturated rings. The summed E-state index contributed by atoms with van der Waals surface area (Å²) in [7, 11) is 0. The van der Waals surface area contributed by atoms with E-state index in [1.54, 1.807) is 24.8 Å². The lowest BCUT2D eigenvalue weighted by molar-refractivity contribution is -0.113. The highest BCUT2D eigenvalue weighted by atomic mass is 32.2. The summed E-state index contributed by atoms with van der Waals surface area (Å²) < 4.78 is 0. The standard InChI is InChI=1S/C15H21NO3S/c1-4-5-6-20-9-13(17)16-14-11(3)7-10(2)8-12(14)15(18)19/h7-8H,4-6,9H2,1-3H3,(H,16,17)(H,18,19). The summed E-state index contributed by atoms with van der Waals surface area (Å²) in [6.07, 6.45) is 2.19. The van der Waals surface area contributed by atoms with E-state index in [1.165, 1.54) is 0 Å². The minimum Gasteiger partial charge on any atom is -0.478 e. The van der Waals surface area contributed by atoms with Crippen LogP contribution in [0.2, 0.25) is 0 Å². The molecule has 0 saturated heterocycles. The van der Waals surface area contributed by atoms with Gasteiger partial charge in [-0.25, -0.2) is 4.79 Å². The van der Waals surface area contributed by atoms with E-state index < -0.39 is 5.97 Å². The van der Waals surface area contributed by atoms with Crippen molar-refractivity contribution in [2.24, 2.45) is 0 Å². The first-order valence-corrected chi connectivity index (χ1v) is 7.83. The van der Waals surface area contributed by atoms with Crippen LogP contribution >= 0.6 is 11.8 Å². The van der Waals surface area contributed by atoms with Crippen LogP contribution in [0.4, 0.5) is 5.69 Å². The Morgan fingerprint density at radius 1 is 1.30 bits per heavy atom. The predicted octanol–water partition coefficient (Wildman–Crippen LogP) is 3.47. The van der Waals surface area contributed by atoms with Crippen molar-refractivity contribution >= 4 is 29.3 Å². The number of thioether (sulfide) groups is 1. The fourth-order valence-electron chi connectivity index (χ4n) is 1.89. The number of aryl methyl sites for hydroxylation is 2. The van der Waals surface area contributed by atoms with Crippen molar-refractivity contribution in [3.63, 3.8) is 0 Å². The van der Waals surface area contributed by atoms with Gasteiger partial charge in [0.05, 0.1) is 17.0 Å².